The van der Waals surface area contributed by atoms with E-state index in [2.05, 4.69) is 174 Å². The van der Waals surface area contributed by atoms with Crippen molar-refractivity contribution in [2.45, 2.75) is 0 Å². The van der Waals surface area contributed by atoms with Gasteiger partial charge in [0.25, 0.3) is 0 Å². The van der Waals surface area contributed by atoms with E-state index in [1.54, 1.807) is 0 Å². The Hall–Kier alpha value is -8.41. The summed E-state index contributed by atoms with van der Waals surface area (Å²) in [6.45, 7) is 0. The fourth-order valence-corrected chi connectivity index (χ4v) is 9.49. The highest BCUT2D eigenvalue weighted by Crippen LogP contribution is 2.44. The van der Waals surface area contributed by atoms with Gasteiger partial charge in [0.05, 0.1) is 22.3 Å². The summed E-state index contributed by atoms with van der Waals surface area (Å²) in [6, 6.07) is 72.8. The van der Waals surface area contributed by atoms with Gasteiger partial charge in [-0.15, -0.1) is 0 Å². The maximum Gasteiger partial charge on any atom is 0.167 e. The molecule has 10 aromatic carbocycles. The van der Waals surface area contributed by atoms with Crippen LogP contribution in [0.5, 0.6) is 0 Å². The van der Waals surface area contributed by atoms with Crippen molar-refractivity contribution in [2.24, 2.45) is 0 Å². The van der Waals surface area contributed by atoms with Gasteiger partial charge in [-0.05, 0) is 57.6 Å². The molecule has 288 valence electrons. The van der Waals surface area contributed by atoms with Gasteiger partial charge in [-0.25, -0.2) is 15.0 Å². The summed E-state index contributed by atoms with van der Waals surface area (Å²) in [6.07, 6.45) is 0. The summed E-state index contributed by atoms with van der Waals surface area (Å²) in [7, 11) is 0. The molecule has 0 amide bonds. The zero-order chi connectivity index (χ0) is 40.7. The Morgan fingerprint density at radius 2 is 0.903 bits per heavy atom. The molecule has 13 rings (SSSR count). The molecule has 0 unspecified atom stereocenters. The predicted molar refractivity (Wildman–Crippen MR) is 256 cm³/mol. The van der Waals surface area contributed by atoms with E-state index in [1.165, 1.54) is 37.8 Å². The molecule has 0 saturated heterocycles. The van der Waals surface area contributed by atoms with Crippen LogP contribution in [0.4, 0.5) is 0 Å². The van der Waals surface area contributed by atoms with Crippen LogP contribution in [0.2, 0.25) is 0 Å². The topological polar surface area (TPSA) is 56.7 Å². The third-order valence-corrected chi connectivity index (χ3v) is 12.4. The van der Waals surface area contributed by atoms with Crippen LogP contribution in [0.25, 0.3) is 127 Å². The Morgan fingerprint density at radius 1 is 0.323 bits per heavy atom. The molecule has 0 N–H and O–H groups in total. The first-order valence-corrected chi connectivity index (χ1v) is 20.9. The average Bonchev–Trinajstić information content (AvgIpc) is 3.89. The van der Waals surface area contributed by atoms with Crippen LogP contribution < -0.4 is 0 Å². The van der Waals surface area contributed by atoms with Gasteiger partial charge >= 0.3 is 0 Å². The molecule has 0 bridgehead atoms. The van der Waals surface area contributed by atoms with E-state index in [1.807, 2.05) is 36.4 Å². The van der Waals surface area contributed by atoms with Gasteiger partial charge in [-0.3, -0.25) is 0 Å². The van der Waals surface area contributed by atoms with Gasteiger partial charge in [0.1, 0.15) is 11.2 Å². The van der Waals surface area contributed by atoms with Crippen LogP contribution in [-0.2, 0) is 0 Å². The second kappa shape index (κ2) is 13.6. The molecule has 3 heterocycles. The van der Waals surface area contributed by atoms with Crippen molar-refractivity contribution in [3.63, 3.8) is 0 Å². The number of hydrogen-bond donors (Lipinski definition) is 0. The van der Waals surface area contributed by atoms with Crippen molar-refractivity contribution in [3.8, 4) is 51.0 Å². The monoisotopic (exact) mass is 790 g/mol. The van der Waals surface area contributed by atoms with Crippen molar-refractivity contribution in [1.82, 2.24) is 19.5 Å². The molecule has 0 fully saturated rings. The first-order valence-electron chi connectivity index (χ1n) is 20.9. The van der Waals surface area contributed by atoms with Crippen molar-refractivity contribution in [1.29, 1.82) is 0 Å². The summed E-state index contributed by atoms with van der Waals surface area (Å²) < 4.78 is 9.57. The van der Waals surface area contributed by atoms with Gasteiger partial charge in [0, 0.05) is 48.8 Å². The average molecular weight is 791 g/mol. The maximum atomic E-state index is 7.08. The van der Waals surface area contributed by atoms with E-state index in [0.717, 1.165) is 71.7 Å². The van der Waals surface area contributed by atoms with E-state index < -0.39 is 0 Å². The number of para-hydroxylation sites is 1. The zero-order valence-corrected chi connectivity index (χ0v) is 33.3. The molecule has 0 radical (unpaired) electrons. The van der Waals surface area contributed by atoms with E-state index in [9.17, 15) is 0 Å². The maximum absolute atomic E-state index is 7.08. The number of benzene rings is 10. The van der Waals surface area contributed by atoms with Gasteiger partial charge in [-0.2, -0.15) is 0 Å². The van der Waals surface area contributed by atoms with Crippen molar-refractivity contribution in [3.05, 3.63) is 206 Å². The Kier molecular flexibility index (Phi) is 7.54. The Balaban J connectivity index is 1.08. The van der Waals surface area contributed by atoms with Gasteiger partial charge in [0.2, 0.25) is 0 Å². The van der Waals surface area contributed by atoms with E-state index in [4.69, 9.17) is 19.4 Å². The number of aromatic nitrogens is 4. The lowest BCUT2D eigenvalue weighted by molar-refractivity contribution is 0.673. The second-order valence-corrected chi connectivity index (χ2v) is 16.0. The van der Waals surface area contributed by atoms with Crippen LogP contribution in [0.3, 0.4) is 0 Å². The zero-order valence-electron chi connectivity index (χ0n) is 33.3. The largest absolute Gasteiger partial charge is 0.455 e. The molecular weight excluding hydrogens is 757 g/mol. The molecule has 0 saturated carbocycles. The van der Waals surface area contributed by atoms with Crippen molar-refractivity contribution in [2.75, 3.05) is 0 Å². The van der Waals surface area contributed by atoms with Crippen LogP contribution >= 0.6 is 0 Å². The molecule has 0 aliphatic rings. The smallest absolute Gasteiger partial charge is 0.167 e. The van der Waals surface area contributed by atoms with Gasteiger partial charge < -0.3 is 8.98 Å². The van der Waals surface area contributed by atoms with Crippen LogP contribution in [0.1, 0.15) is 0 Å². The third kappa shape index (κ3) is 5.32. The first-order chi connectivity index (χ1) is 30.7. The van der Waals surface area contributed by atoms with Crippen molar-refractivity contribution < 1.29 is 4.42 Å². The number of rotatable bonds is 5. The second-order valence-electron chi connectivity index (χ2n) is 16.0. The summed E-state index contributed by atoms with van der Waals surface area (Å²) in [4.78, 5) is 15.4. The van der Waals surface area contributed by atoms with Crippen molar-refractivity contribution >= 4 is 76.1 Å². The molecule has 0 spiro atoms. The lowest BCUT2D eigenvalue weighted by Crippen LogP contribution is -2.00. The SMILES string of the molecule is c1ccc(-c2cccc(-c3nc(-c4ccccc4)nc(-c4cccc5c4oc4c6ccccc6c(-n6c7cc8ccccc8cc7c7ccc8ccccc8c76)cc54)n3)c2)cc1. The quantitative estimate of drug-likeness (QED) is 0.174. The number of fused-ring (bicyclic) bond motifs is 11. The van der Waals surface area contributed by atoms with E-state index in [0.29, 0.717) is 17.5 Å². The minimum absolute atomic E-state index is 0.550. The van der Waals surface area contributed by atoms with Crippen LogP contribution in [-0.4, -0.2) is 19.5 Å². The fraction of sp³-hybridized carbons (Fsp3) is 0. The molecule has 5 nitrogen and oxygen atoms in total. The molecule has 13 aromatic rings. The standard InChI is InChI=1S/C57H34N4O/c1-3-15-35(16-4-1)38-22-13-23-41(31-38)56-58-55(37-18-5-2-6-19-37)59-57(60-56)47-28-14-27-46-49-34-51(43-25-11-12-26-45(43)54(49)62-53(46)47)61-50-33-40-21-8-7-20-39(40)32-48(50)44-30-29-36-17-9-10-24-42(36)52(44)61/h1-34H. The highest BCUT2D eigenvalue weighted by molar-refractivity contribution is 6.24. The summed E-state index contributed by atoms with van der Waals surface area (Å²) in [5.74, 6) is 1.75. The first kappa shape index (κ1) is 34.5. The molecule has 5 heteroatoms. The third-order valence-electron chi connectivity index (χ3n) is 12.4. The minimum atomic E-state index is 0.550. The lowest BCUT2D eigenvalue weighted by atomic mass is 10.0. The highest BCUT2D eigenvalue weighted by Gasteiger charge is 2.23. The number of furan rings is 1. The van der Waals surface area contributed by atoms with Crippen LogP contribution in [0, 0.1) is 0 Å². The summed E-state index contributed by atoms with van der Waals surface area (Å²) >= 11 is 0. The Morgan fingerprint density at radius 3 is 1.71 bits per heavy atom. The molecule has 0 aliphatic carbocycles. The number of hydrogen-bond acceptors (Lipinski definition) is 4. The van der Waals surface area contributed by atoms with E-state index >= 15 is 0 Å². The highest BCUT2D eigenvalue weighted by atomic mass is 16.3. The van der Waals surface area contributed by atoms with Gasteiger partial charge in [0.15, 0.2) is 17.5 Å². The number of nitrogens with zero attached hydrogens (tertiary/aromatic N) is 4. The molecule has 62 heavy (non-hydrogen) atoms. The van der Waals surface area contributed by atoms with E-state index in [-0.39, 0.29) is 0 Å². The molecule has 3 aromatic heterocycles. The molecule has 0 atom stereocenters. The summed E-state index contributed by atoms with van der Waals surface area (Å²) in [5.41, 5.74) is 9.86. The Bertz CT molecular complexity index is 3920. The van der Waals surface area contributed by atoms with Crippen LogP contribution in [0.15, 0.2) is 211 Å². The fourth-order valence-electron chi connectivity index (χ4n) is 9.49. The lowest BCUT2D eigenvalue weighted by Gasteiger charge is -2.14. The minimum Gasteiger partial charge on any atom is -0.455 e. The summed E-state index contributed by atoms with van der Waals surface area (Å²) in [5, 5.41) is 11.5. The predicted octanol–water partition coefficient (Wildman–Crippen LogP) is 15.0. The normalized spacial score (nSPS) is 11.9. The molecule has 0 aliphatic heterocycles. The van der Waals surface area contributed by atoms with Gasteiger partial charge in [-0.1, -0.05) is 176 Å². The molecular formula is C57H34N4O. The Labute approximate surface area is 355 Å².